The summed E-state index contributed by atoms with van der Waals surface area (Å²) in [5.74, 6) is 0. The van der Waals surface area contributed by atoms with Gasteiger partial charge in [-0.3, -0.25) is 0 Å². The van der Waals surface area contributed by atoms with E-state index in [9.17, 15) is 0 Å². The summed E-state index contributed by atoms with van der Waals surface area (Å²) in [5.41, 5.74) is 2.92. The van der Waals surface area contributed by atoms with Crippen molar-refractivity contribution in [2.75, 3.05) is 7.11 Å². The molecule has 2 aromatic carbocycles. The molecule has 0 saturated carbocycles. The SMILES string of the molecule is CC.CC.COC(c1ccccc1)(c1ccccc1)c1ccsc1. The van der Waals surface area contributed by atoms with Gasteiger partial charge in [0, 0.05) is 12.7 Å². The summed E-state index contributed by atoms with van der Waals surface area (Å²) in [5, 5.41) is 4.25. The molecule has 0 bridgehead atoms. The zero-order chi connectivity index (χ0) is 17.8. The van der Waals surface area contributed by atoms with E-state index in [0.717, 1.165) is 11.1 Å². The maximum absolute atomic E-state index is 6.06. The molecule has 0 aliphatic heterocycles. The van der Waals surface area contributed by atoms with Gasteiger partial charge in [0.05, 0.1) is 0 Å². The predicted octanol–water partition coefficient (Wildman–Crippen LogP) is 6.74. The van der Waals surface area contributed by atoms with Gasteiger partial charge in [-0.1, -0.05) is 88.4 Å². The monoisotopic (exact) mass is 340 g/mol. The Morgan fingerprint density at radius 3 is 1.46 bits per heavy atom. The number of methoxy groups -OCH3 is 1. The molecule has 0 fully saturated rings. The fourth-order valence-electron chi connectivity index (χ4n) is 2.66. The second-order valence-corrected chi connectivity index (χ2v) is 5.41. The van der Waals surface area contributed by atoms with E-state index in [0.29, 0.717) is 0 Å². The van der Waals surface area contributed by atoms with Gasteiger partial charge >= 0.3 is 0 Å². The molecule has 0 aliphatic carbocycles. The third kappa shape index (κ3) is 4.14. The van der Waals surface area contributed by atoms with Crippen LogP contribution < -0.4 is 0 Å². The fourth-order valence-corrected chi connectivity index (χ4v) is 3.36. The van der Waals surface area contributed by atoms with Gasteiger partial charge in [-0.15, -0.1) is 0 Å². The lowest BCUT2D eigenvalue weighted by molar-refractivity contribution is 0.0589. The molecule has 0 aliphatic rings. The van der Waals surface area contributed by atoms with Crippen LogP contribution in [0.1, 0.15) is 44.4 Å². The highest BCUT2D eigenvalue weighted by molar-refractivity contribution is 7.08. The van der Waals surface area contributed by atoms with E-state index in [-0.39, 0.29) is 0 Å². The zero-order valence-corrected chi connectivity index (χ0v) is 16.1. The van der Waals surface area contributed by atoms with Gasteiger partial charge in [-0.25, -0.2) is 0 Å². The van der Waals surface area contributed by atoms with Crippen LogP contribution in [0.2, 0.25) is 0 Å². The highest BCUT2D eigenvalue weighted by atomic mass is 32.1. The quantitative estimate of drug-likeness (QED) is 0.511. The van der Waals surface area contributed by atoms with Crippen molar-refractivity contribution in [3.05, 3.63) is 94.2 Å². The summed E-state index contributed by atoms with van der Waals surface area (Å²) in [6, 6.07) is 22.9. The topological polar surface area (TPSA) is 9.23 Å². The second kappa shape index (κ2) is 10.8. The number of hydrogen-bond acceptors (Lipinski definition) is 2. The molecule has 0 spiro atoms. The first-order valence-corrected chi connectivity index (χ1v) is 9.51. The van der Waals surface area contributed by atoms with Gasteiger partial charge in [0.1, 0.15) is 5.60 Å². The highest BCUT2D eigenvalue weighted by Crippen LogP contribution is 2.40. The lowest BCUT2D eigenvalue weighted by Crippen LogP contribution is -2.30. The van der Waals surface area contributed by atoms with Crippen molar-refractivity contribution < 1.29 is 4.74 Å². The molecule has 1 nitrogen and oxygen atoms in total. The molecule has 2 heteroatoms. The van der Waals surface area contributed by atoms with E-state index in [2.05, 4.69) is 65.4 Å². The Balaban J connectivity index is 0.000000671. The summed E-state index contributed by atoms with van der Waals surface area (Å²) >= 11 is 1.69. The molecular weight excluding hydrogens is 312 g/mol. The van der Waals surface area contributed by atoms with Gasteiger partial charge in [-0.05, 0) is 28.0 Å². The third-order valence-electron chi connectivity index (χ3n) is 3.59. The minimum Gasteiger partial charge on any atom is -0.364 e. The number of ether oxygens (including phenoxy) is 1. The van der Waals surface area contributed by atoms with E-state index in [4.69, 9.17) is 4.74 Å². The minimum atomic E-state index is -0.539. The van der Waals surface area contributed by atoms with Gasteiger partial charge in [0.2, 0.25) is 0 Å². The molecule has 0 atom stereocenters. The predicted molar refractivity (Wildman–Crippen MR) is 107 cm³/mol. The molecule has 0 amide bonds. The molecule has 0 saturated heterocycles. The van der Waals surface area contributed by atoms with Crippen molar-refractivity contribution in [2.24, 2.45) is 0 Å². The Hall–Kier alpha value is -1.90. The van der Waals surface area contributed by atoms with Crippen LogP contribution in [0.3, 0.4) is 0 Å². The summed E-state index contributed by atoms with van der Waals surface area (Å²) < 4.78 is 6.06. The Morgan fingerprint density at radius 1 is 0.667 bits per heavy atom. The van der Waals surface area contributed by atoms with Crippen molar-refractivity contribution in [3.8, 4) is 0 Å². The molecule has 3 aromatic rings. The van der Waals surface area contributed by atoms with Crippen molar-refractivity contribution in [1.82, 2.24) is 0 Å². The summed E-state index contributed by atoms with van der Waals surface area (Å²) in [4.78, 5) is 0. The number of hydrogen-bond donors (Lipinski definition) is 0. The molecule has 128 valence electrons. The maximum atomic E-state index is 6.06. The lowest BCUT2D eigenvalue weighted by Gasteiger charge is -2.33. The average Bonchev–Trinajstić information content (AvgIpc) is 3.23. The van der Waals surface area contributed by atoms with Crippen LogP contribution >= 0.6 is 11.3 Å². The van der Waals surface area contributed by atoms with Crippen LogP contribution in [0.15, 0.2) is 77.5 Å². The Morgan fingerprint density at radius 2 is 1.12 bits per heavy atom. The number of rotatable bonds is 4. The van der Waals surface area contributed by atoms with Gasteiger partial charge in [0.25, 0.3) is 0 Å². The molecular formula is C22H28OS. The molecule has 1 heterocycles. The zero-order valence-electron chi connectivity index (χ0n) is 15.3. The molecule has 3 rings (SSSR count). The van der Waals surface area contributed by atoms with Crippen LogP contribution in [0.5, 0.6) is 0 Å². The van der Waals surface area contributed by atoms with Gasteiger partial charge in [0.15, 0.2) is 0 Å². The van der Waals surface area contributed by atoms with Crippen molar-refractivity contribution in [3.63, 3.8) is 0 Å². The van der Waals surface area contributed by atoms with E-state index in [1.54, 1.807) is 18.4 Å². The fraction of sp³-hybridized carbons (Fsp3) is 0.273. The van der Waals surface area contributed by atoms with E-state index in [1.807, 2.05) is 39.8 Å². The Kier molecular flexibility index (Phi) is 9.06. The standard InChI is InChI=1S/C18H16OS.2C2H6/c1-19-18(17-12-13-20-14-17,15-8-4-2-5-9-15)16-10-6-3-7-11-16;2*1-2/h2-14H,1H3;2*1-2H3. The van der Waals surface area contributed by atoms with Gasteiger partial charge in [-0.2, -0.15) is 11.3 Å². The summed E-state index contributed by atoms with van der Waals surface area (Å²) in [6.07, 6.45) is 0. The van der Waals surface area contributed by atoms with E-state index >= 15 is 0 Å². The second-order valence-electron chi connectivity index (χ2n) is 4.63. The summed E-state index contributed by atoms with van der Waals surface area (Å²) in [6.45, 7) is 8.00. The van der Waals surface area contributed by atoms with Crippen LogP contribution in [0.4, 0.5) is 0 Å². The Bertz CT molecular complexity index is 605. The van der Waals surface area contributed by atoms with Crippen molar-refractivity contribution >= 4 is 11.3 Å². The summed E-state index contributed by atoms with van der Waals surface area (Å²) in [7, 11) is 1.78. The van der Waals surface area contributed by atoms with Crippen molar-refractivity contribution in [1.29, 1.82) is 0 Å². The molecule has 0 radical (unpaired) electrons. The first kappa shape index (κ1) is 20.1. The normalized spacial score (nSPS) is 10.0. The van der Waals surface area contributed by atoms with E-state index in [1.165, 1.54) is 5.56 Å². The largest absolute Gasteiger partial charge is 0.364 e. The number of benzene rings is 2. The lowest BCUT2D eigenvalue weighted by atomic mass is 9.81. The van der Waals surface area contributed by atoms with Gasteiger partial charge < -0.3 is 4.74 Å². The molecule has 24 heavy (non-hydrogen) atoms. The average molecular weight is 341 g/mol. The van der Waals surface area contributed by atoms with Crippen LogP contribution in [-0.2, 0) is 10.3 Å². The maximum Gasteiger partial charge on any atom is 0.144 e. The molecule has 0 unspecified atom stereocenters. The van der Waals surface area contributed by atoms with E-state index < -0.39 is 5.60 Å². The van der Waals surface area contributed by atoms with Crippen LogP contribution in [0, 0.1) is 0 Å². The smallest absolute Gasteiger partial charge is 0.144 e. The van der Waals surface area contributed by atoms with Crippen LogP contribution in [-0.4, -0.2) is 7.11 Å². The minimum absolute atomic E-state index is 0.539. The van der Waals surface area contributed by atoms with Crippen LogP contribution in [0.25, 0.3) is 0 Å². The molecule has 0 N–H and O–H groups in total. The first-order valence-electron chi connectivity index (χ1n) is 8.57. The first-order chi connectivity index (χ1) is 11.9. The Labute approximate surface area is 151 Å². The third-order valence-corrected chi connectivity index (χ3v) is 4.28. The highest BCUT2D eigenvalue weighted by Gasteiger charge is 2.36. The molecule has 1 aromatic heterocycles. The van der Waals surface area contributed by atoms with Crippen molar-refractivity contribution in [2.45, 2.75) is 33.3 Å². The number of thiophene rings is 1.